The van der Waals surface area contributed by atoms with E-state index in [1.54, 1.807) is 25.1 Å². The second-order valence-corrected chi connectivity index (χ2v) is 4.26. The summed E-state index contributed by atoms with van der Waals surface area (Å²) in [6.07, 6.45) is -0.848. The number of methoxy groups -OCH3 is 1. The van der Waals surface area contributed by atoms with Gasteiger partial charge in [-0.15, -0.1) is 0 Å². The van der Waals surface area contributed by atoms with Gasteiger partial charge >= 0.3 is 0 Å². The number of aliphatic hydroxyl groups excluding tert-OH is 1. The van der Waals surface area contributed by atoms with Crippen molar-refractivity contribution in [1.82, 2.24) is 0 Å². The summed E-state index contributed by atoms with van der Waals surface area (Å²) in [6.45, 7) is 1.55. The van der Waals surface area contributed by atoms with Crippen molar-refractivity contribution in [2.75, 3.05) is 7.11 Å². The Morgan fingerprint density at radius 2 is 1.65 bits per heavy atom. The molecule has 1 N–H and O–H groups in total. The molecule has 0 heterocycles. The Kier molecular flexibility index (Phi) is 4.20. The summed E-state index contributed by atoms with van der Waals surface area (Å²) in [4.78, 5) is 0. The first-order valence-electron chi connectivity index (χ1n) is 6.00. The van der Waals surface area contributed by atoms with Gasteiger partial charge < -0.3 is 14.6 Å². The van der Waals surface area contributed by atoms with Crippen LogP contribution < -0.4 is 9.47 Å². The Bertz CT molecular complexity index is 592. The zero-order valence-electron chi connectivity index (χ0n) is 11.1. The fourth-order valence-corrected chi connectivity index (χ4v) is 1.92. The van der Waals surface area contributed by atoms with Gasteiger partial charge in [-0.1, -0.05) is 6.07 Å². The van der Waals surface area contributed by atoms with E-state index < -0.39 is 17.7 Å². The lowest BCUT2D eigenvalue weighted by atomic mass is 10.1. The highest BCUT2D eigenvalue weighted by atomic mass is 19.1. The van der Waals surface area contributed by atoms with Gasteiger partial charge in [0.05, 0.1) is 18.8 Å². The van der Waals surface area contributed by atoms with E-state index >= 15 is 0 Å². The van der Waals surface area contributed by atoms with Gasteiger partial charge in [0.2, 0.25) is 0 Å². The highest BCUT2D eigenvalue weighted by molar-refractivity contribution is 5.48. The van der Waals surface area contributed by atoms with Gasteiger partial charge in [0.25, 0.3) is 0 Å². The molecule has 0 aliphatic carbocycles. The van der Waals surface area contributed by atoms with Crippen LogP contribution in [-0.4, -0.2) is 12.2 Å². The lowest BCUT2D eigenvalue weighted by Crippen LogP contribution is -2.00. The highest BCUT2D eigenvalue weighted by Crippen LogP contribution is 2.36. The monoisotopic (exact) mass is 280 g/mol. The predicted octanol–water partition coefficient (Wildman–Crippen LogP) is 3.82. The van der Waals surface area contributed by atoms with Crippen molar-refractivity contribution in [2.24, 2.45) is 0 Å². The summed E-state index contributed by atoms with van der Waals surface area (Å²) in [6, 6.07) is 7.81. The van der Waals surface area contributed by atoms with Crippen LogP contribution in [0.4, 0.5) is 8.78 Å². The van der Waals surface area contributed by atoms with Crippen LogP contribution in [0.2, 0.25) is 0 Å². The average Bonchev–Trinajstić information content (AvgIpc) is 2.36. The van der Waals surface area contributed by atoms with Crippen LogP contribution in [-0.2, 0) is 0 Å². The lowest BCUT2D eigenvalue weighted by Gasteiger charge is -2.16. The highest BCUT2D eigenvalue weighted by Gasteiger charge is 2.16. The summed E-state index contributed by atoms with van der Waals surface area (Å²) < 4.78 is 36.9. The van der Waals surface area contributed by atoms with Crippen molar-refractivity contribution in [3.8, 4) is 17.2 Å². The van der Waals surface area contributed by atoms with Crippen LogP contribution in [0, 0.1) is 11.6 Å². The van der Waals surface area contributed by atoms with E-state index in [-0.39, 0.29) is 11.5 Å². The first kappa shape index (κ1) is 14.3. The fourth-order valence-electron chi connectivity index (χ4n) is 1.92. The number of benzene rings is 2. The third-order valence-electron chi connectivity index (χ3n) is 2.73. The molecule has 1 atom stereocenters. The van der Waals surface area contributed by atoms with E-state index in [1.807, 2.05) is 0 Å². The third-order valence-corrected chi connectivity index (χ3v) is 2.73. The maximum Gasteiger partial charge on any atom is 0.136 e. The molecule has 0 saturated carbocycles. The molecule has 2 aromatic rings. The van der Waals surface area contributed by atoms with Crippen molar-refractivity contribution in [1.29, 1.82) is 0 Å². The van der Waals surface area contributed by atoms with Gasteiger partial charge in [0.15, 0.2) is 0 Å². The van der Waals surface area contributed by atoms with Gasteiger partial charge in [-0.25, -0.2) is 8.78 Å². The van der Waals surface area contributed by atoms with Crippen molar-refractivity contribution in [2.45, 2.75) is 13.0 Å². The standard InChI is InChI=1S/C15H14F2O3/c1-9(18)15-13(19-2)4-3-5-14(15)20-12-7-10(16)6-11(17)8-12/h3-9,18H,1-2H3. The second-order valence-electron chi connectivity index (χ2n) is 4.26. The van der Waals surface area contributed by atoms with Crippen LogP contribution in [0.5, 0.6) is 17.2 Å². The van der Waals surface area contributed by atoms with E-state index in [0.29, 0.717) is 11.3 Å². The quantitative estimate of drug-likeness (QED) is 0.925. The molecule has 5 heteroatoms. The zero-order chi connectivity index (χ0) is 14.7. The van der Waals surface area contributed by atoms with Crippen LogP contribution in [0.3, 0.4) is 0 Å². The molecule has 2 rings (SSSR count). The summed E-state index contributed by atoms with van der Waals surface area (Å²) >= 11 is 0. The molecule has 20 heavy (non-hydrogen) atoms. The molecule has 106 valence electrons. The minimum atomic E-state index is -0.848. The van der Waals surface area contributed by atoms with E-state index in [9.17, 15) is 13.9 Å². The Hall–Kier alpha value is -2.14. The minimum Gasteiger partial charge on any atom is -0.496 e. The van der Waals surface area contributed by atoms with E-state index in [1.165, 1.54) is 7.11 Å². The Morgan fingerprint density at radius 3 is 2.20 bits per heavy atom. The smallest absolute Gasteiger partial charge is 0.136 e. The van der Waals surface area contributed by atoms with Gasteiger partial charge in [-0.2, -0.15) is 0 Å². The zero-order valence-corrected chi connectivity index (χ0v) is 11.1. The number of hydrogen-bond acceptors (Lipinski definition) is 3. The first-order chi connectivity index (χ1) is 9.51. The van der Waals surface area contributed by atoms with Gasteiger partial charge in [0, 0.05) is 18.2 Å². The molecular formula is C15H14F2O3. The summed E-state index contributed by atoms with van der Waals surface area (Å²) in [7, 11) is 1.47. The molecule has 0 amide bonds. The van der Waals surface area contributed by atoms with Gasteiger partial charge in [-0.3, -0.25) is 0 Å². The lowest BCUT2D eigenvalue weighted by molar-refractivity contribution is 0.190. The largest absolute Gasteiger partial charge is 0.496 e. The second kappa shape index (κ2) is 5.88. The molecular weight excluding hydrogens is 266 g/mol. The van der Waals surface area contributed by atoms with E-state index in [2.05, 4.69) is 0 Å². The Balaban J connectivity index is 2.42. The molecule has 0 fully saturated rings. The number of halogens is 2. The fraction of sp³-hybridized carbons (Fsp3) is 0.200. The Labute approximate surface area is 115 Å². The minimum absolute atomic E-state index is 0.0117. The molecule has 2 aromatic carbocycles. The first-order valence-corrected chi connectivity index (χ1v) is 6.00. The van der Waals surface area contributed by atoms with Crippen molar-refractivity contribution >= 4 is 0 Å². The molecule has 0 saturated heterocycles. The molecule has 0 radical (unpaired) electrons. The molecule has 0 aliphatic heterocycles. The van der Waals surface area contributed by atoms with Crippen LogP contribution in [0.25, 0.3) is 0 Å². The van der Waals surface area contributed by atoms with Crippen LogP contribution >= 0.6 is 0 Å². The molecule has 0 bridgehead atoms. The van der Waals surface area contributed by atoms with Gasteiger partial charge in [0.1, 0.15) is 28.9 Å². The third kappa shape index (κ3) is 3.05. The molecule has 3 nitrogen and oxygen atoms in total. The average molecular weight is 280 g/mol. The van der Waals surface area contributed by atoms with E-state index in [0.717, 1.165) is 18.2 Å². The van der Waals surface area contributed by atoms with Crippen LogP contribution in [0.15, 0.2) is 36.4 Å². The molecule has 1 unspecified atom stereocenters. The molecule has 0 spiro atoms. The summed E-state index contributed by atoms with van der Waals surface area (Å²) in [5.41, 5.74) is 0.416. The maximum atomic E-state index is 13.1. The number of ether oxygens (including phenoxy) is 2. The summed E-state index contributed by atoms with van der Waals surface area (Å²) in [5, 5.41) is 9.80. The number of rotatable bonds is 4. The topological polar surface area (TPSA) is 38.7 Å². The van der Waals surface area contributed by atoms with Crippen molar-refractivity contribution < 1.29 is 23.4 Å². The SMILES string of the molecule is COc1cccc(Oc2cc(F)cc(F)c2)c1C(C)O. The molecule has 0 aromatic heterocycles. The van der Waals surface area contributed by atoms with Crippen LogP contribution in [0.1, 0.15) is 18.6 Å². The normalized spacial score (nSPS) is 12.1. The van der Waals surface area contributed by atoms with Gasteiger partial charge in [-0.05, 0) is 19.1 Å². The van der Waals surface area contributed by atoms with E-state index in [4.69, 9.17) is 9.47 Å². The number of hydrogen-bond donors (Lipinski definition) is 1. The number of aliphatic hydroxyl groups is 1. The van der Waals surface area contributed by atoms with Crippen molar-refractivity contribution in [3.63, 3.8) is 0 Å². The maximum absolute atomic E-state index is 13.1. The van der Waals surface area contributed by atoms with Crippen molar-refractivity contribution in [3.05, 3.63) is 53.6 Å². The molecule has 0 aliphatic rings. The predicted molar refractivity (Wildman–Crippen MR) is 70.1 cm³/mol. The summed E-state index contributed by atoms with van der Waals surface area (Å²) in [5.74, 6) is -0.737. The Morgan fingerprint density at radius 1 is 1.05 bits per heavy atom.